The van der Waals surface area contributed by atoms with E-state index in [9.17, 15) is 20.1 Å². The highest BCUT2D eigenvalue weighted by atomic mass is 16.5. The average Bonchev–Trinajstić information content (AvgIpc) is 3.47. The Balaban J connectivity index is 1.13. The van der Waals surface area contributed by atoms with Gasteiger partial charge in [0, 0.05) is 58.6 Å². The van der Waals surface area contributed by atoms with E-state index < -0.39 is 28.6 Å². The second kappa shape index (κ2) is 14.9. The lowest BCUT2D eigenvalue weighted by molar-refractivity contribution is -0.177. The Kier molecular flexibility index (Phi) is 10.4. The zero-order chi connectivity index (χ0) is 39.3. The van der Waals surface area contributed by atoms with Gasteiger partial charge in [-0.2, -0.15) is 0 Å². The summed E-state index contributed by atoms with van der Waals surface area (Å²) >= 11 is 0. The fraction of sp³-hybridized carbons (Fsp3) is 0.521. The van der Waals surface area contributed by atoms with Crippen molar-refractivity contribution in [3.63, 3.8) is 0 Å². The topological polar surface area (TPSA) is 109 Å². The Morgan fingerprint density at radius 2 is 1.57 bits per heavy atom. The first kappa shape index (κ1) is 39.1. The minimum Gasteiger partial charge on any atom is -0.497 e. The fourth-order valence-corrected chi connectivity index (χ4v) is 12.4. The number of nitrogens with zero attached hydrogens (tertiary/aromatic N) is 1. The molecule has 3 aromatic carbocycles. The summed E-state index contributed by atoms with van der Waals surface area (Å²) in [5.74, 6) is 1.67. The van der Waals surface area contributed by atoms with Crippen molar-refractivity contribution in [3.8, 4) is 11.5 Å². The van der Waals surface area contributed by atoms with Crippen LogP contribution >= 0.6 is 0 Å². The van der Waals surface area contributed by atoms with Crippen LogP contribution in [0, 0.1) is 33.5 Å². The van der Waals surface area contributed by atoms with E-state index >= 15 is 0 Å². The van der Waals surface area contributed by atoms with Gasteiger partial charge in [-0.1, -0.05) is 98.8 Å². The molecule has 1 unspecified atom stereocenters. The van der Waals surface area contributed by atoms with Crippen molar-refractivity contribution >= 4 is 5.78 Å². The van der Waals surface area contributed by atoms with E-state index in [1.165, 1.54) is 0 Å². The van der Waals surface area contributed by atoms with Crippen molar-refractivity contribution in [1.29, 1.82) is 0 Å². The van der Waals surface area contributed by atoms with Gasteiger partial charge in [0.05, 0.1) is 45.2 Å². The van der Waals surface area contributed by atoms with Crippen molar-refractivity contribution in [2.75, 3.05) is 33.9 Å². The molecule has 0 amide bonds. The number of aliphatic hydroxyl groups excluding tert-OH is 2. The maximum absolute atomic E-state index is 14.8. The third kappa shape index (κ3) is 6.27. The molecule has 0 aliphatic heterocycles. The number of methoxy groups -OCH3 is 2. The number of hydrogen-bond donors (Lipinski definition) is 3. The second-order valence-electron chi connectivity index (χ2n) is 18.0. The van der Waals surface area contributed by atoms with E-state index in [1.54, 1.807) is 14.2 Å². The standard InChI is InChI=1S/C48H59NO7/c1-44-20-17-36(50)26-46(44)23-24-48(39(27-46)43(52)34-13-9-6-10-14-34)41(44)18-21-45(2)42(48)19-22-47(45,53)32-49(28-35-15-16-38(54-3)25-40(35)55-4)29-37(51)31-56-30-33-11-7-5-8-12-33/h5-16,23-25,27,36-37,41-42,50-51,53H,17-22,26,28-32H2,1-4H3/t36?,37-,41-,42-,44-,45+,46+,47-,48-/m1/s1. The molecule has 56 heavy (non-hydrogen) atoms. The predicted octanol–water partition coefficient (Wildman–Crippen LogP) is 7.56. The second-order valence-corrected chi connectivity index (χ2v) is 18.0. The highest BCUT2D eigenvalue weighted by Gasteiger charge is 2.74. The molecular weight excluding hydrogens is 703 g/mol. The summed E-state index contributed by atoms with van der Waals surface area (Å²) in [7, 11) is 3.28. The summed E-state index contributed by atoms with van der Waals surface area (Å²) in [6.45, 7) is 6.32. The van der Waals surface area contributed by atoms with Crippen LogP contribution in [0.2, 0.25) is 0 Å². The Labute approximate surface area is 332 Å². The van der Waals surface area contributed by atoms with E-state index in [1.807, 2.05) is 78.9 Å². The number of allylic oxidation sites excluding steroid dienone is 4. The normalized spacial score (nSPS) is 34.6. The molecule has 8 heteroatoms. The van der Waals surface area contributed by atoms with Gasteiger partial charge in [0.25, 0.3) is 0 Å². The van der Waals surface area contributed by atoms with Crippen molar-refractivity contribution in [1.82, 2.24) is 4.90 Å². The number of ether oxygens (including phenoxy) is 3. The van der Waals surface area contributed by atoms with Crippen LogP contribution in [0.4, 0.5) is 0 Å². The third-order valence-corrected chi connectivity index (χ3v) is 15.3. The quantitative estimate of drug-likeness (QED) is 0.114. The number of carbonyl (C=O) groups excluding carboxylic acids is 1. The lowest BCUT2D eigenvalue weighted by Crippen LogP contribution is -2.67. The van der Waals surface area contributed by atoms with Gasteiger partial charge >= 0.3 is 0 Å². The molecule has 3 N–H and O–H groups in total. The summed E-state index contributed by atoms with van der Waals surface area (Å²) in [6, 6.07) is 25.4. The van der Waals surface area contributed by atoms with Crippen LogP contribution in [0.25, 0.3) is 0 Å². The van der Waals surface area contributed by atoms with Crippen molar-refractivity contribution in [2.24, 2.45) is 33.5 Å². The highest BCUT2D eigenvalue weighted by molar-refractivity contribution is 6.10. The number of ketones is 1. The Bertz CT molecular complexity index is 1970. The van der Waals surface area contributed by atoms with Gasteiger partial charge < -0.3 is 29.5 Å². The minimum absolute atomic E-state index is 0.0207. The van der Waals surface area contributed by atoms with Gasteiger partial charge in [0.1, 0.15) is 11.5 Å². The SMILES string of the molecule is COc1ccc(CN(C[C@@H](O)COCc2ccccc2)C[C@]2(O)CC[C@H]3[C@]45C=C[C@@]6(C=C4C(=O)c4ccccc4)CC(O)CC[C@]6(C)[C@H]5CC[C@@]32C)c(OC)c1. The summed E-state index contributed by atoms with van der Waals surface area (Å²) < 4.78 is 17.3. The van der Waals surface area contributed by atoms with Crippen LogP contribution in [-0.4, -0.2) is 77.7 Å². The largest absolute Gasteiger partial charge is 0.497 e. The van der Waals surface area contributed by atoms with Crippen molar-refractivity contribution < 1.29 is 34.3 Å². The molecule has 9 rings (SSSR count). The first-order chi connectivity index (χ1) is 26.9. The molecule has 0 saturated heterocycles. The number of fused-ring (bicyclic) bond motifs is 1. The number of aliphatic hydroxyl groups is 3. The van der Waals surface area contributed by atoms with Gasteiger partial charge in [-0.05, 0) is 73.8 Å². The molecule has 0 radical (unpaired) electrons. The molecule has 3 fully saturated rings. The zero-order valence-electron chi connectivity index (χ0n) is 33.5. The summed E-state index contributed by atoms with van der Waals surface area (Å²) in [4.78, 5) is 17.0. The van der Waals surface area contributed by atoms with Crippen LogP contribution in [0.3, 0.4) is 0 Å². The van der Waals surface area contributed by atoms with Crippen LogP contribution in [-0.2, 0) is 17.9 Å². The molecule has 0 aromatic heterocycles. The lowest BCUT2D eigenvalue weighted by atomic mass is 9.32. The van der Waals surface area contributed by atoms with Crippen LogP contribution < -0.4 is 9.47 Å². The molecule has 6 aliphatic rings. The predicted molar refractivity (Wildman–Crippen MR) is 216 cm³/mol. The van der Waals surface area contributed by atoms with Gasteiger partial charge in [-0.15, -0.1) is 0 Å². The lowest BCUT2D eigenvalue weighted by Gasteiger charge is -2.71. The van der Waals surface area contributed by atoms with E-state index in [2.05, 4.69) is 37.0 Å². The average molecular weight is 762 g/mol. The van der Waals surface area contributed by atoms with Gasteiger partial charge in [0.15, 0.2) is 5.78 Å². The molecule has 9 atom stereocenters. The molecule has 3 saturated carbocycles. The first-order valence-electron chi connectivity index (χ1n) is 20.6. The zero-order valence-corrected chi connectivity index (χ0v) is 33.5. The van der Waals surface area contributed by atoms with Crippen LogP contribution in [0.1, 0.15) is 80.3 Å². The Hall–Kier alpha value is -3.79. The molecule has 8 nitrogen and oxygen atoms in total. The number of carbonyl (C=O) groups is 1. The molecule has 0 heterocycles. The Morgan fingerprint density at radius 3 is 2.30 bits per heavy atom. The van der Waals surface area contributed by atoms with E-state index in [4.69, 9.17) is 14.2 Å². The summed E-state index contributed by atoms with van der Waals surface area (Å²) in [5, 5.41) is 35.8. The smallest absolute Gasteiger partial charge is 0.189 e. The van der Waals surface area contributed by atoms with Gasteiger partial charge in [-0.25, -0.2) is 0 Å². The van der Waals surface area contributed by atoms with Crippen molar-refractivity contribution in [2.45, 2.75) is 89.8 Å². The monoisotopic (exact) mass is 761 g/mol. The molecule has 3 aromatic rings. The van der Waals surface area contributed by atoms with E-state index in [0.29, 0.717) is 56.1 Å². The number of benzene rings is 3. The Morgan fingerprint density at radius 1 is 0.875 bits per heavy atom. The molecule has 2 spiro atoms. The van der Waals surface area contributed by atoms with Crippen LogP contribution in [0.5, 0.6) is 11.5 Å². The number of Topliss-reactive ketones (excluding diaryl/α,β-unsaturated/α-hetero) is 1. The molecule has 298 valence electrons. The molecular formula is C48H59NO7. The molecule has 2 bridgehead atoms. The molecule has 6 aliphatic carbocycles. The first-order valence-corrected chi connectivity index (χ1v) is 20.6. The highest BCUT2D eigenvalue weighted by Crippen LogP contribution is 2.78. The number of hydrogen-bond acceptors (Lipinski definition) is 8. The summed E-state index contributed by atoms with van der Waals surface area (Å²) in [5.41, 5.74) is 0.854. The minimum atomic E-state index is -1.11. The van der Waals surface area contributed by atoms with Crippen LogP contribution in [0.15, 0.2) is 103 Å². The maximum atomic E-state index is 14.8. The third-order valence-electron chi connectivity index (χ3n) is 15.3. The number of rotatable bonds is 14. The van der Waals surface area contributed by atoms with E-state index in [-0.39, 0.29) is 35.1 Å². The maximum Gasteiger partial charge on any atom is 0.189 e. The van der Waals surface area contributed by atoms with Gasteiger partial charge in [-0.3, -0.25) is 9.69 Å². The summed E-state index contributed by atoms with van der Waals surface area (Å²) in [6.07, 6.45) is 11.2. The van der Waals surface area contributed by atoms with E-state index in [0.717, 1.165) is 48.8 Å². The van der Waals surface area contributed by atoms with Gasteiger partial charge in [0.2, 0.25) is 0 Å². The fourth-order valence-electron chi connectivity index (χ4n) is 12.4. The van der Waals surface area contributed by atoms with Crippen molar-refractivity contribution in [3.05, 3.63) is 119 Å².